The molecule has 6 nitrogen and oxygen atoms in total. The number of aryl methyl sites for hydroxylation is 1. The Morgan fingerprint density at radius 1 is 1.61 bits per heavy atom. The second-order valence-electron chi connectivity index (χ2n) is 4.07. The standard InChI is InChI=1S/C10H16ClN3O3S/c1-4-7(2)12-9(15)5-14-6-10(13-8(14)3)18(11,16)17/h6-7H,4-5H2,1-3H3,(H,12,15). The largest absolute Gasteiger partial charge is 0.352 e. The number of carbonyl (C=O) groups excluding carboxylic acids is 1. The van der Waals surface area contributed by atoms with Gasteiger partial charge >= 0.3 is 0 Å². The van der Waals surface area contributed by atoms with Crippen LogP contribution in [0.5, 0.6) is 0 Å². The van der Waals surface area contributed by atoms with Crippen LogP contribution in [0.3, 0.4) is 0 Å². The number of nitrogens with zero attached hydrogens (tertiary/aromatic N) is 2. The number of hydrogen-bond acceptors (Lipinski definition) is 4. The first-order valence-electron chi connectivity index (χ1n) is 5.51. The van der Waals surface area contributed by atoms with Crippen LogP contribution in [-0.4, -0.2) is 29.9 Å². The summed E-state index contributed by atoms with van der Waals surface area (Å²) in [5.74, 6) is 0.233. The second-order valence-corrected chi connectivity index (χ2v) is 6.58. The summed E-state index contributed by atoms with van der Waals surface area (Å²) in [4.78, 5) is 15.4. The molecule has 0 saturated carbocycles. The van der Waals surface area contributed by atoms with Crippen molar-refractivity contribution < 1.29 is 13.2 Å². The first-order valence-corrected chi connectivity index (χ1v) is 7.82. The highest BCUT2D eigenvalue weighted by atomic mass is 35.7. The minimum absolute atomic E-state index is 0.0234. The fourth-order valence-electron chi connectivity index (χ4n) is 1.33. The summed E-state index contributed by atoms with van der Waals surface area (Å²) >= 11 is 0. The van der Waals surface area contributed by atoms with E-state index in [4.69, 9.17) is 10.7 Å². The maximum atomic E-state index is 11.7. The van der Waals surface area contributed by atoms with Gasteiger partial charge < -0.3 is 9.88 Å². The average molecular weight is 294 g/mol. The highest BCUT2D eigenvalue weighted by molar-refractivity contribution is 8.13. The molecular weight excluding hydrogens is 278 g/mol. The Bertz CT molecular complexity index is 539. The first-order chi connectivity index (χ1) is 8.24. The Labute approximate surface area is 111 Å². The molecule has 1 aromatic heterocycles. The van der Waals surface area contributed by atoms with Crippen LogP contribution in [0.1, 0.15) is 26.1 Å². The van der Waals surface area contributed by atoms with E-state index in [1.807, 2.05) is 13.8 Å². The number of amides is 1. The Kier molecular flexibility index (Phi) is 4.75. The van der Waals surface area contributed by atoms with Crippen LogP contribution in [0.4, 0.5) is 0 Å². The molecule has 1 aromatic rings. The van der Waals surface area contributed by atoms with Crippen LogP contribution in [0.2, 0.25) is 0 Å². The molecule has 0 spiro atoms. The molecule has 0 bridgehead atoms. The van der Waals surface area contributed by atoms with Crippen molar-refractivity contribution in [3.05, 3.63) is 12.0 Å². The zero-order valence-corrected chi connectivity index (χ0v) is 12.0. The van der Waals surface area contributed by atoms with Gasteiger partial charge in [-0.2, -0.15) is 0 Å². The normalized spacial score (nSPS) is 13.3. The monoisotopic (exact) mass is 293 g/mol. The van der Waals surface area contributed by atoms with Crippen molar-refractivity contribution in [3.63, 3.8) is 0 Å². The molecule has 0 aliphatic rings. The summed E-state index contributed by atoms with van der Waals surface area (Å²) in [7, 11) is 1.32. The fourth-order valence-corrected chi connectivity index (χ4v) is 2.05. The molecule has 102 valence electrons. The Morgan fingerprint density at radius 2 is 2.22 bits per heavy atom. The lowest BCUT2D eigenvalue weighted by molar-refractivity contribution is -0.122. The second kappa shape index (κ2) is 5.71. The van der Waals surface area contributed by atoms with Crippen LogP contribution < -0.4 is 5.32 Å². The third kappa shape index (κ3) is 3.99. The lowest BCUT2D eigenvalue weighted by atomic mass is 10.2. The molecule has 0 aromatic carbocycles. The molecule has 1 rings (SSSR count). The molecule has 8 heteroatoms. The van der Waals surface area contributed by atoms with Crippen LogP contribution in [0, 0.1) is 6.92 Å². The molecule has 0 aliphatic carbocycles. The van der Waals surface area contributed by atoms with E-state index < -0.39 is 9.05 Å². The van der Waals surface area contributed by atoms with E-state index in [1.165, 1.54) is 10.8 Å². The van der Waals surface area contributed by atoms with Crippen molar-refractivity contribution in [2.75, 3.05) is 0 Å². The maximum absolute atomic E-state index is 11.7. The van der Waals surface area contributed by atoms with Crippen molar-refractivity contribution in [3.8, 4) is 0 Å². The van der Waals surface area contributed by atoms with E-state index in [2.05, 4.69) is 10.3 Å². The smallest absolute Gasteiger partial charge is 0.280 e. The van der Waals surface area contributed by atoms with Gasteiger partial charge in [-0.1, -0.05) is 6.92 Å². The summed E-state index contributed by atoms with van der Waals surface area (Å²) in [5.41, 5.74) is 0. The van der Waals surface area contributed by atoms with Crippen LogP contribution in [-0.2, 0) is 20.4 Å². The van der Waals surface area contributed by atoms with Gasteiger partial charge in [0.05, 0.1) is 0 Å². The van der Waals surface area contributed by atoms with E-state index in [9.17, 15) is 13.2 Å². The molecule has 0 aliphatic heterocycles. The van der Waals surface area contributed by atoms with Crippen molar-refractivity contribution in [1.82, 2.24) is 14.9 Å². The van der Waals surface area contributed by atoms with Gasteiger partial charge in [0.15, 0.2) is 5.03 Å². The van der Waals surface area contributed by atoms with Gasteiger partial charge in [0.25, 0.3) is 9.05 Å². The highest BCUT2D eigenvalue weighted by Gasteiger charge is 2.17. The van der Waals surface area contributed by atoms with Crippen LogP contribution in [0.25, 0.3) is 0 Å². The molecule has 0 fully saturated rings. The minimum Gasteiger partial charge on any atom is -0.352 e. The van der Waals surface area contributed by atoms with Crippen LogP contribution in [0.15, 0.2) is 11.2 Å². The summed E-state index contributed by atoms with van der Waals surface area (Å²) in [6.45, 7) is 5.50. The topological polar surface area (TPSA) is 81.1 Å². The van der Waals surface area contributed by atoms with E-state index in [0.717, 1.165) is 6.42 Å². The number of halogens is 1. The third-order valence-corrected chi connectivity index (χ3v) is 3.71. The third-order valence-electron chi connectivity index (χ3n) is 2.54. The molecule has 1 heterocycles. The van der Waals surface area contributed by atoms with E-state index >= 15 is 0 Å². The zero-order valence-electron chi connectivity index (χ0n) is 10.5. The van der Waals surface area contributed by atoms with Gasteiger partial charge in [0, 0.05) is 22.9 Å². The highest BCUT2D eigenvalue weighted by Crippen LogP contribution is 2.13. The molecule has 18 heavy (non-hydrogen) atoms. The lowest BCUT2D eigenvalue weighted by Gasteiger charge is -2.11. The van der Waals surface area contributed by atoms with E-state index in [0.29, 0.717) is 5.82 Å². The predicted octanol–water partition coefficient (Wildman–Crippen LogP) is 1.03. The predicted molar refractivity (Wildman–Crippen MR) is 67.9 cm³/mol. The number of hydrogen-bond donors (Lipinski definition) is 1. The van der Waals surface area contributed by atoms with Gasteiger partial charge in [-0.25, -0.2) is 13.4 Å². The van der Waals surface area contributed by atoms with E-state index in [1.54, 1.807) is 6.92 Å². The first kappa shape index (κ1) is 15.0. The number of rotatable bonds is 5. The molecule has 1 amide bonds. The molecule has 1 N–H and O–H groups in total. The van der Waals surface area contributed by atoms with Gasteiger partial charge in [0.2, 0.25) is 5.91 Å². The van der Waals surface area contributed by atoms with Gasteiger partial charge in [-0.05, 0) is 20.3 Å². The summed E-state index contributed by atoms with van der Waals surface area (Å²) in [6, 6.07) is 0.0811. The summed E-state index contributed by atoms with van der Waals surface area (Å²) < 4.78 is 23.6. The van der Waals surface area contributed by atoms with Gasteiger partial charge in [-0.15, -0.1) is 0 Å². The maximum Gasteiger partial charge on any atom is 0.280 e. The summed E-state index contributed by atoms with van der Waals surface area (Å²) in [6.07, 6.45) is 2.09. The molecule has 1 atom stereocenters. The number of imidazole rings is 1. The number of nitrogens with one attached hydrogen (secondary N) is 1. The van der Waals surface area contributed by atoms with Crippen molar-refractivity contribution in [2.24, 2.45) is 0 Å². The van der Waals surface area contributed by atoms with Crippen molar-refractivity contribution in [2.45, 2.75) is 44.8 Å². The van der Waals surface area contributed by atoms with E-state index in [-0.39, 0.29) is 23.5 Å². The molecular formula is C10H16ClN3O3S. The lowest BCUT2D eigenvalue weighted by Crippen LogP contribution is -2.34. The van der Waals surface area contributed by atoms with Crippen molar-refractivity contribution in [1.29, 1.82) is 0 Å². The fraction of sp³-hybridized carbons (Fsp3) is 0.600. The minimum atomic E-state index is -3.86. The van der Waals surface area contributed by atoms with Gasteiger partial charge in [-0.3, -0.25) is 4.79 Å². The summed E-state index contributed by atoms with van der Waals surface area (Å²) in [5, 5.41) is 2.55. The van der Waals surface area contributed by atoms with Crippen LogP contribution >= 0.6 is 10.7 Å². The SMILES string of the molecule is CCC(C)NC(=O)Cn1cc(S(=O)(=O)Cl)nc1C. The molecule has 0 saturated heterocycles. The molecule has 1 unspecified atom stereocenters. The average Bonchev–Trinajstić information content (AvgIpc) is 2.59. The zero-order chi connectivity index (χ0) is 13.9. The molecule has 0 radical (unpaired) electrons. The number of carbonyl (C=O) groups is 1. The Balaban J connectivity index is 2.80. The quantitative estimate of drug-likeness (QED) is 0.822. The Morgan fingerprint density at radius 3 is 2.67 bits per heavy atom. The number of aromatic nitrogens is 2. The Hall–Kier alpha value is -1.08. The van der Waals surface area contributed by atoms with Gasteiger partial charge in [0.1, 0.15) is 12.4 Å². The van der Waals surface area contributed by atoms with Crippen molar-refractivity contribution >= 4 is 25.6 Å².